The normalized spacial score (nSPS) is 11.7. The minimum absolute atomic E-state index is 0.203. The number of nitrogens with one attached hydrogen (secondary N) is 1. The van der Waals surface area contributed by atoms with Crippen LogP contribution in [0.3, 0.4) is 0 Å². The quantitative estimate of drug-likeness (QED) is 0.563. The molecule has 0 unspecified atom stereocenters. The van der Waals surface area contributed by atoms with Crippen LogP contribution in [-0.4, -0.2) is 13.0 Å². The Hall–Kier alpha value is -0.660. The summed E-state index contributed by atoms with van der Waals surface area (Å²) in [6.45, 7) is 0. The third-order valence-corrected chi connectivity index (χ3v) is 2.92. The molecule has 5 nitrogen and oxygen atoms in total. The Morgan fingerprint density at radius 3 is 2.50 bits per heavy atom. The van der Waals surface area contributed by atoms with Crippen LogP contribution in [0, 0.1) is 0 Å². The maximum atomic E-state index is 10.2. The van der Waals surface area contributed by atoms with Crippen molar-refractivity contribution in [1.82, 2.24) is 0 Å². The molecule has 3 N–H and O–H groups in total. The van der Waals surface area contributed by atoms with E-state index in [9.17, 15) is 13.0 Å². The van der Waals surface area contributed by atoms with Crippen LogP contribution in [0.5, 0.6) is 0 Å². The molecule has 0 amide bonds. The lowest BCUT2D eigenvalue weighted by atomic mass is 11.0. The van der Waals surface area contributed by atoms with Gasteiger partial charge in [0.15, 0.2) is 4.21 Å². The van der Waals surface area contributed by atoms with E-state index in [-0.39, 0.29) is 9.34 Å². The lowest BCUT2D eigenvalue weighted by Gasteiger charge is -1.98. The van der Waals surface area contributed by atoms with E-state index in [2.05, 4.69) is 4.98 Å². The number of rotatable bonds is 1. The number of aromatic amines is 1. The molecule has 0 aliphatic heterocycles. The van der Waals surface area contributed by atoms with Crippen LogP contribution in [0.4, 0.5) is 5.13 Å². The number of hydrogen-bond donors (Lipinski definition) is 1. The summed E-state index contributed by atoms with van der Waals surface area (Å²) in [6.07, 6.45) is 1.07. The van der Waals surface area contributed by atoms with Gasteiger partial charge in [0.25, 0.3) is 0 Å². The summed E-state index contributed by atoms with van der Waals surface area (Å²) >= 11 is 0.716. The highest BCUT2D eigenvalue weighted by atomic mass is 32.3. The summed E-state index contributed by atoms with van der Waals surface area (Å²) in [4.78, 5) is 2.39. The Balaban J connectivity index is 3.21. The van der Waals surface area contributed by atoms with Gasteiger partial charge in [-0.2, -0.15) is 0 Å². The fourth-order valence-electron chi connectivity index (χ4n) is 0.421. The lowest BCUT2D eigenvalue weighted by molar-refractivity contribution is -0.356. The van der Waals surface area contributed by atoms with Crippen molar-refractivity contribution >= 4 is 26.6 Å². The maximum absolute atomic E-state index is 10.2. The van der Waals surface area contributed by atoms with E-state index in [1.165, 1.54) is 0 Å². The molecule has 10 heavy (non-hydrogen) atoms. The molecule has 0 fully saturated rings. The van der Waals surface area contributed by atoms with E-state index >= 15 is 0 Å². The number of nitrogen functional groups attached to an aromatic ring is 1. The molecule has 1 heterocycles. The van der Waals surface area contributed by atoms with E-state index in [0.717, 1.165) is 6.20 Å². The molecule has 0 bridgehead atoms. The molecular weight excluding hydrogens is 176 g/mol. The van der Waals surface area contributed by atoms with E-state index in [1.807, 2.05) is 0 Å². The molecule has 0 radical (unpaired) electrons. The topological polar surface area (TPSA) is 97.4 Å². The summed E-state index contributed by atoms with van der Waals surface area (Å²) < 4.78 is 30.4. The first kappa shape index (κ1) is 7.45. The standard InChI is InChI=1S/C3H4N2O3S2/c4-3-5-1-2(9-3)10(6,7)8/h1H,(H2,4,5)(H,6,7,8). The number of anilines is 1. The fraction of sp³-hybridized carbons (Fsp3) is 0. The second kappa shape index (κ2) is 2.19. The zero-order chi connectivity index (χ0) is 7.78. The predicted octanol–water partition coefficient (Wildman–Crippen LogP) is -0.952. The molecule has 1 aromatic rings. The highest BCUT2D eigenvalue weighted by molar-refractivity contribution is 7.88. The third kappa shape index (κ3) is 1.43. The van der Waals surface area contributed by atoms with Crippen molar-refractivity contribution in [2.45, 2.75) is 4.21 Å². The zero-order valence-electron chi connectivity index (χ0n) is 4.70. The summed E-state index contributed by atoms with van der Waals surface area (Å²) in [5.41, 5.74) is 5.13. The van der Waals surface area contributed by atoms with Gasteiger partial charge in [0.05, 0.1) is 0 Å². The average molecular weight is 180 g/mol. The number of H-pyrrole nitrogens is 1. The van der Waals surface area contributed by atoms with Crippen LogP contribution >= 0.6 is 11.3 Å². The molecule has 7 heteroatoms. The van der Waals surface area contributed by atoms with Gasteiger partial charge in [-0.25, -0.2) is 13.4 Å². The molecule has 0 saturated carbocycles. The second-order valence-electron chi connectivity index (χ2n) is 1.53. The van der Waals surface area contributed by atoms with Crippen LogP contribution in [-0.2, 0) is 10.1 Å². The van der Waals surface area contributed by atoms with E-state index in [1.54, 1.807) is 0 Å². The van der Waals surface area contributed by atoms with Crippen molar-refractivity contribution in [3.8, 4) is 0 Å². The van der Waals surface area contributed by atoms with Crippen LogP contribution in [0.15, 0.2) is 10.4 Å². The Labute approximate surface area is 61.3 Å². The first-order valence-electron chi connectivity index (χ1n) is 2.23. The lowest BCUT2D eigenvalue weighted by Crippen LogP contribution is -2.02. The number of nitrogens with two attached hydrogens (primary N) is 1. The third-order valence-electron chi connectivity index (χ3n) is 0.789. The molecule has 0 atom stereocenters. The number of aromatic nitrogens is 1. The molecule has 1 rings (SSSR count). The van der Waals surface area contributed by atoms with Crippen molar-refractivity contribution in [3.63, 3.8) is 0 Å². The van der Waals surface area contributed by atoms with Crippen molar-refractivity contribution in [2.24, 2.45) is 0 Å². The number of hydrogen-bond acceptors (Lipinski definition) is 5. The SMILES string of the molecule is Nc1[nH+]cc(S(=O)(=O)[O-])s1. The van der Waals surface area contributed by atoms with Crippen LogP contribution in [0.1, 0.15) is 0 Å². The molecule has 0 saturated heterocycles. The molecule has 0 aromatic carbocycles. The van der Waals surface area contributed by atoms with Gasteiger partial charge in [0.2, 0.25) is 0 Å². The van der Waals surface area contributed by atoms with Crippen LogP contribution in [0.2, 0.25) is 0 Å². The van der Waals surface area contributed by atoms with Crippen molar-refractivity contribution in [2.75, 3.05) is 5.73 Å². The first-order chi connectivity index (χ1) is 4.50. The van der Waals surface area contributed by atoms with Crippen molar-refractivity contribution < 1.29 is 18.0 Å². The minimum Gasteiger partial charge on any atom is -0.743 e. The average Bonchev–Trinajstić information content (AvgIpc) is 2.11. The highest BCUT2D eigenvalue weighted by Crippen LogP contribution is 2.15. The van der Waals surface area contributed by atoms with Gasteiger partial charge in [-0.1, -0.05) is 0 Å². The zero-order valence-corrected chi connectivity index (χ0v) is 6.33. The summed E-state index contributed by atoms with van der Waals surface area (Å²) in [5, 5.41) is 0.203. The van der Waals surface area contributed by atoms with E-state index in [0.29, 0.717) is 11.3 Å². The Kier molecular flexibility index (Phi) is 1.63. The van der Waals surface area contributed by atoms with E-state index < -0.39 is 10.1 Å². The van der Waals surface area contributed by atoms with Gasteiger partial charge in [0.1, 0.15) is 16.3 Å². The molecule has 1 aromatic heterocycles. The van der Waals surface area contributed by atoms with Gasteiger partial charge < -0.3 is 4.55 Å². The van der Waals surface area contributed by atoms with E-state index in [4.69, 9.17) is 5.73 Å². The largest absolute Gasteiger partial charge is 0.743 e. The van der Waals surface area contributed by atoms with Crippen LogP contribution < -0.4 is 10.7 Å². The number of thiazole rings is 1. The fourth-order valence-corrected chi connectivity index (χ4v) is 1.75. The van der Waals surface area contributed by atoms with Crippen LogP contribution in [0.25, 0.3) is 0 Å². The van der Waals surface area contributed by atoms with Crippen molar-refractivity contribution in [1.29, 1.82) is 0 Å². The molecule has 0 aliphatic carbocycles. The predicted molar refractivity (Wildman–Crippen MR) is 33.3 cm³/mol. The minimum atomic E-state index is -4.32. The van der Waals surface area contributed by atoms with Crippen molar-refractivity contribution in [3.05, 3.63) is 6.20 Å². The second-order valence-corrected chi connectivity index (χ2v) is 4.22. The smallest absolute Gasteiger partial charge is 0.330 e. The maximum Gasteiger partial charge on any atom is 0.330 e. The molecular formula is C3H4N2O3S2. The molecule has 0 spiro atoms. The Morgan fingerprint density at radius 2 is 2.30 bits per heavy atom. The summed E-state index contributed by atoms with van der Waals surface area (Å²) in [5.74, 6) is 0. The van der Waals surface area contributed by atoms with Gasteiger partial charge in [-0.05, 0) is 11.3 Å². The van der Waals surface area contributed by atoms with Gasteiger partial charge >= 0.3 is 5.13 Å². The Morgan fingerprint density at radius 1 is 1.70 bits per heavy atom. The van der Waals surface area contributed by atoms with Gasteiger partial charge in [-0.15, -0.1) is 0 Å². The monoisotopic (exact) mass is 180 g/mol. The summed E-state index contributed by atoms with van der Waals surface area (Å²) in [6, 6.07) is 0. The molecule has 56 valence electrons. The summed E-state index contributed by atoms with van der Waals surface area (Å²) in [7, 11) is -4.32. The van der Waals surface area contributed by atoms with Gasteiger partial charge in [0, 0.05) is 0 Å². The first-order valence-corrected chi connectivity index (χ1v) is 4.45. The van der Waals surface area contributed by atoms with Gasteiger partial charge in [-0.3, -0.25) is 5.73 Å². The Bertz CT molecular complexity index is 327. The highest BCUT2D eigenvalue weighted by Gasteiger charge is 2.07. The molecule has 0 aliphatic rings.